The molecule has 0 spiro atoms. The van der Waals surface area contributed by atoms with Crippen LogP contribution in [0.25, 0.3) is 0 Å². The van der Waals surface area contributed by atoms with Crippen molar-refractivity contribution in [2.75, 3.05) is 0 Å². The molecular formula is C34H56Br2N2S2. The van der Waals surface area contributed by atoms with Crippen LogP contribution in [-0.4, -0.2) is 9.73 Å². The zero-order valence-electron chi connectivity index (χ0n) is 26.0. The molecular weight excluding hydrogens is 660 g/mol. The third kappa shape index (κ3) is 13.3. The summed E-state index contributed by atoms with van der Waals surface area (Å²) in [5, 5.41) is 3.58. The van der Waals surface area contributed by atoms with Crippen LogP contribution in [0.4, 0.5) is 0 Å². The predicted molar refractivity (Wildman–Crippen MR) is 184 cm³/mol. The first kappa shape index (κ1) is 39.6. The van der Waals surface area contributed by atoms with Crippen molar-refractivity contribution in [1.82, 2.24) is 5.32 Å². The van der Waals surface area contributed by atoms with Gasteiger partial charge in [0.25, 0.3) is 0 Å². The number of hydrogen-bond donors (Lipinski definition) is 1. The Hall–Kier alpha value is -0.430. The summed E-state index contributed by atoms with van der Waals surface area (Å²) in [6, 6.07) is 4.46. The van der Waals surface area contributed by atoms with E-state index < -0.39 is 0 Å². The minimum Gasteiger partial charge on any atom is -1.00 e. The van der Waals surface area contributed by atoms with E-state index in [1.165, 1.54) is 118 Å². The van der Waals surface area contributed by atoms with Gasteiger partial charge in [-0.3, -0.25) is 0 Å². The molecule has 1 N–H and O–H groups in total. The average Bonchev–Trinajstić information content (AvgIpc) is 2.92. The van der Waals surface area contributed by atoms with Crippen molar-refractivity contribution in [2.45, 2.75) is 150 Å². The van der Waals surface area contributed by atoms with Gasteiger partial charge >= 0.3 is 0 Å². The van der Waals surface area contributed by atoms with E-state index in [4.69, 9.17) is 24.4 Å². The van der Waals surface area contributed by atoms with Crippen LogP contribution in [0, 0.1) is 0 Å². The quantitative estimate of drug-likeness (QED) is 0.0843. The highest BCUT2D eigenvalue weighted by atomic mass is 79.9. The largest absolute Gasteiger partial charge is 1.00 e. The van der Waals surface area contributed by atoms with Gasteiger partial charge in [0.1, 0.15) is 6.54 Å². The molecule has 0 bridgehead atoms. The molecule has 0 aliphatic carbocycles. The second-order valence-corrected chi connectivity index (χ2v) is 12.1. The fourth-order valence-corrected chi connectivity index (χ4v) is 6.33. The number of halogens is 2. The molecule has 0 unspecified atom stereocenters. The van der Waals surface area contributed by atoms with Crippen LogP contribution in [0.2, 0.25) is 0 Å². The Kier molecular flexibility index (Phi) is 22.8. The average molecular weight is 717 g/mol. The van der Waals surface area contributed by atoms with Crippen molar-refractivity contribution < 1.29 is 21.5 Å². The highest BCUT2D eigenvalue weighted by molar-refractivity contribution is 8.93. The van der Waals surface area contributed by atoms with E-state index in [-0.39, 0.29) is 39.9 Å². The molecule has 1 aromatic rings. The van der Waals surface area contributed by atoms with Crippen molar-refractivity contribution >= 4 is 51.1 Å². The van der Waals surface area contributed by atoms with Crippen molar-refractivity contribution in [2.24, 2.45) is 0 Å². The summed E-state index contributed by atoms with van der Waals surface area (Å²) in [6.07, 6.45) is 25.8. The number of nitrogens with one attached hydrogen (secondary N) is 1. The van der Waals surface area contributed by atoms with E-state index in [2.05, 4.69) is 69.0 Å². The van der Waals surface area contributed by atoms with Gasteiger partial charge in [-0.05, 0) is 50.3 Å². The third-order valence-corrected chi connectivity index (χ3v) is 9.00. The van der Waals surface area contributed by atoms with Gasteiger partial charge in [-0.15, -0.1) is 17.0 Å². The van der Waals surface area contributed by atoms with Gasteiger partial charge in [0, 0.05) is 45.1 Å². The summed E-state index contributed by atoms with van der Waals surface area (Å²) in [4.78, 5) is 2.07. The Balaban J connectivity index is 0.00000760. The summed E-state index contributed by atoms with van der Waals surface area (Å²) in [7, 11) is 0. The Morgan fingerprint density at radius 3 is 1.57 bits per heavy atom. The van der Waals surface area contributed by atoms with Crippen LogP contribution in [0.1, 0.15) is 149 Å². The number of rotatable bonds is 20. The van der Waals surface area contributed by atoms with Gasteiger partial charge < -0.3 is 22.3 Å². The van der Waals surface area contributed by atoms with E-state index >= 15 is 0 Å². The minimum atomic E-state index is 0. The van der Waals surface area contributed by atoms with Crippen LogP contribution < -0.4 is 26.9 Å². The van der Waals surface area contributed by atoms with Gasteiger partial charge in [0.05, 0.1) is 0 Å². The molecule has 0 radical (unpaired) electrons. The van der Waals surface area contributed by atoms with E-state index in [1.807, 2.05) is 0 Å². The number of aryl methyl sites for hydroxylation is 1. The number of thiocarbonyl (C=S) groups is 2. The molecule has 0 amide bonds. The number of unbranched alkanes of at least 4 members (excludes halogenated alkanes) is 13. The van der Waals surface area contributed by atoms with Crippen molar-refractivity contribution in [3.05, 3.63) is 52.6 Å². The second-order valence-electron chi connectivity index (χ2n) is 11.2. The van der Waals surface area contributed by atoms with E-state index in [1.54, 1.807) is 0 Å². The lowest BCUT2D eigenvalue weighted by Crippen LogP contribution is -3.00. The first-order valence-corrected chi connectivity index (χ1v) is 16.5. The van der Waals surface area contributed by atoms with Gasteiger partial charge in [0.2, 0.25) is 0 Å². The Labute approximate surface area is 278 Å². The number of dihydropyridines is 1. The number of hydrogen-bond acceptors (Lipinski definition) is 3. The molecule has 40 heavy (non-hydrogen) atoms. The summed E-state index contributed by atoms with van der Waals surface area (Å²) in [5.41, 5.74) is 6.13. The predicted octanol–water partition coefficient (Wildman–Crippen LogP) is 7.83. The minimum absolute atomic E-state index is 0. The standard InChI is InChI=1S/C34H54N2S2.2BrH/c1-6-9-10-11-12-13-14-15-16-17-18-19-20-21-24-36-25-22-23-29(26-36)34-32(30(37)7-2)27(4)35-28(5)33(34)31(38)8-3;;/h22-23,25-26,34H,6-21,24H2,1-5H3;2*1H. The topological polar surface area (TPSA) is 15.9 Å². The molecule has 1 aromatic heterocycles. The molecule has 1 aliphatic rings. The molecule has 1 aliphatic heterocycles. The Bertz CT molecular complexity index is 917. The zero-order valence-corrected chi connectivity index (χ0v) is 30.9. The number of pyridine rings is 1. The molecule has 2 nitrogen and oxygen atoms in total. The molecule has 6 heteroatoms. The van der Waals surface area contributed by atoms with Crippen molar-refractivity contribution in [3.63, 3.8) is 0 Å². The molecule has 0 fully saturated rings. The van der Waals surface area contributed by atoms with E-state index in [0.29, 0.717) is 0 Å². The Morgan fingerprint density at radius 2 is 1.15 bits per heavy atom. The summed E-state index contributed by atoms with van der Waals surface area (Å²) < 4.78 is 2.38. The smallest absolute Gasteiger partial charge is 0.172 e. The van der Waals surface area contributed by atoms with Crippen molar-refractivity contribution in [1.29, 1.82) is 0 Å². The second kappa shape index (κ2) is 23.1. The molecule has 2 heterocycles. The van der Waals surface area contributed by atoms with Gasteiger partial charge in [-0.25, -0.2) is 4.57 Å². The summed E-state index contributed by atoms with van der Waals surface area (Å²) in [5.74, 6) is 0.125. The van der Waals surface area contributed by atoms with Gasteiger partial charge in [-0.2, -0.15) is 0 Å². The molecule has 0 saturated heterocycles. The van der Waals surface area contributed by atoms with Crippen LogP contribution >= 0.6 is 41.4 Å². The van der Waals surface area contributed by atoms with Crippen molar-refractivity contribution in [3.8, 4) is 0 Å². The molecule has 2 rings (SSSR count). The lowest BCUT2D eigenvalue weighted by molar-refractivity contribution is -0.697. The van der Waals surface area contributed by atoms with Crippen LogP contribution in [-0.2, 0) is 6.54 Å². The highest BCUT2D eigenvalue weighted by Gasteiger charge is 2.33. The maximum Gasteiger partial charge on any atom is 0.172 e. The fraction of sp³-hybridized carbons (Fsp3) is 0.676. The molecule has 0 saturated carbocycles. The fourth-order valence-electron chi connectivity index (χ4n) is 5.79. The number of aromatic nitrogens is 1. The third-order valence-electron chi connectivity index (χ3n) is 7.99. The molecule has 0 atom stereocenters. The van der Waals surface area contributed by atoms with E-state index in [0.717, 1.165) is 29.1 Å². The first-order valence-electron chi connectivity index (χ1n) is 15.7. The molecule has 228 valence electrons. The number of allylic oxidation sites excluding steroid dienone is 4. The molecule has 0 aromatic carbocycles. The monoisotopic (exact) mass is 714 g/mol. The number of nitrogens with zero attached hydrogens (tertiary/aromatic N) is 1. The lowest BCUT2D eigenvalue weighted by atomic mass is 9.77. The van der Waals surface area contributed by atoms with Crippen LogP contribution in [0.5, 0.6) is 0 Å². The summed E-state index contributed by atoms with van der Waals surface area (Å²) >= 11 is 11.8. The van der Waals surface area contributed by atoms with Crippen LogP contribution in [0.3, 0.4) is 0 Å². The lowest BCUT2D eigenvalue weighted by Gasteiger charge is -2.32. The zero-order chi connectivity index (χ0) is 27.8. The first-order chi connectivity index (χ1) is 18.4. The summed E-state index contributed by atoms with van der Waals surface area (Å²) in [6.45, 7) is 12.0. The maximum absolute atomic E-state index is 5.88. The normalized spacial score (nSPS) is 13.5. The van der Waals surface area contributed by atoms with E-state index in [9.17, 15) is 0 Å². The van der Waals surface area contributed by atoms with Gasteiger partial charge in [0.15, 0.2) is 12.4 Å². The van der Waals surface area contributed by atoms with Gasteiger partial charge in [-0.1, -0.05) is 122 Å². The highest BCUT2D eigenvalue weighted by Crippen LogP contribution is 2.40. The van der Waals surface area contributed by atoms with Crippen LogP contribution in [0.15, 0.2) is 47.1 Å². The SMILES string of the molecule is Br.CCCCCCCCCCCCCCCC[n+]1cccc(C2C(C(=S)CC)=C(C)NC(C)=C2C(=S)CC)c1.[Br-]. The maximum atomic E-state index is 5.88. The Morgan fingerprint density at radius 1 is 0.725 bits per heavy atom.